The van der Waals surface area contributed by atoms with Crippen molar-refractivity contribution in [2.45, 2.75) is 13.0 Å². The van der Waals surface area contributed by atoms with Crippen LogP contribution in [0.15, 0.2) is 50.1 Å². The van der Waals surface area contributed by atoms with Gasteiger partial charge in [0.2, 0.25) is 0 Å². The van der Waals surface area contributed by atoms with Crippen molar-refractivity contribution >= 4 is 26.9 Å². The molecule has 1 atom stereocenters. The van der Waals surface area contributed by atoms with E-state index in [0.717, 1.165) is 32.5 Å². The maximum absolute atomic E-state index is 6.01. The molecule has 3 rings (SSSR count). The molecule has 2 heterocycles. The molecule has 0 amide bonds. The summed E-state index contributed by atoms with van der Waals surface area (Å²) in [4.78, 5) is 0. The van der Waals surface area contributed by atoms with Gasteiger partial charge >= 0.3 is 0 Å². The van der Waals surface area contributed by atoms with E-state index < -0.39 is 0 Å². The molecule has 0 spiro atoms. The SMILES string of the molecule is CNC(c1cc2cccc(C)c2o1)c1ccoc1Br. The molecule has 1 N–H and O–H groups in total. The van der Waals surface area contributed by atoms with Gasteiger partial charge in [-0.05, 0) is 47.6 Å². The van der Waals surface area contributed by atoms with E-state index in [0.29, 0.717) is 0 Å². The standard InChI is InChI=1S/C15H14BrNO2/c1-9-4-3-5-10-8-12(19-14(9)10)13(17-2)11-6-7-18-15(11)16/h3-8,13,17H,1-2H3. The Morgan fingerprint density at radius 1 is 1.26 bits per heavy atom. The van der Waals surface area contributed by atoms with E-state index in [1.807, 2.05) is 19.2 Å². The van der Waals surface area contributed by atoms with Crippen LogP contribution in [0.4, 0.5) is 0 Å². The summed E-state index contributed by atoms with van der Waals surface area (Å²) in [5.41, 5.74) is 3.11. The van der Waals surface area contributed by atoms with Gasteiger partial charge in [0.05, 0.1) is 12.3 Å². The van der Waals surface area contributed by atoms with Gasteiger partial charge in [0.25, 0.3) is 0 Å². The van der Waals surface area contributed by atoms with Crippen molar-refractivity contribution in [2.75, 3.05) is 7.05 Å². The molecular formula is C15H14BrNO2. The lowest BCUT2D eigenvalue weighted by molar-refractivity contribution is 0.479. The molecule has 2 aromatic heterocycles. The van der Waals surface area contributed by atoms with Gasteiger partial charge in [0.15, 0.2) is 4.67 Å². The number of nitrogens with one attached hydrogen (secondary N) is 1. The van der Waals surface area contributed by atoms with Gasteiger partial charge in [0.1, 0.15) is 11.3 Å². The molecule has 0 saturated heterocycles. The lowest BCUT2D eigenvalue weighted by Gasteiger charge is -2.11. The molecule has 4 heteroatoms. The number of halogens is 1. The third kappa shape index (κ3) is 2.11. The van der Waals surface area contributed by atoms with Crippen molar-refractivity contribution in [3.8, 4) is 0 Å². The van der Waals surface area contributed by atoms with Crippen molar-refractivity contribution in [3.05, 3.63) is 58.2 Å². The largest absolute Gasteiger partial charge is 0.459 e. The van der Waals surface area contributed by atoms with Crippen molar-refractivity contribution < 1.29 is 8.83 Å². The highest BCUT2D eigenvalue weighted by atomic mass is 79.9. The first-order valence-electron chi connectivity index (χ1n) is 6.10. The maximum atomic E-state index is 6.01. The van der Waals surface area contributed by atoms with E-state index in [4.69, 9.17) is 8.83 Å². The zero-order valence-corrected chi connectivity index (χ0v) is 12.3. The molecule has 1 aromatic carbocycles. The van der Waals surface area contributed by atoms with E-state index in [1.165, 1.54) is 0 Å². The monoisotopic (exact) mass is 319 g/mol. The molecule has 98 valence electrons. The Balaban J connectivity index is 2.12. The molecule has 0 fully saturated rings. The summed E-state index contributed by atoms with van der Waals surface area (Å²) in [5, 5.41) is 4.38. The Bertz CT molecular complexity index is 714. The number of para-hydroxylation sites is 1. The van der Waals surface area contributed by atoms with Crippen LogP contribution < -0.4 is 5.32 Å². The quantitative estimate of drug-likeness (QED) is 0.777. The summed E-state index contributed by atoms with van der Waals surface area (Å²) >= 11 is 3.41. The number of fused-ring (bicyclic) bond motifs is 1. The molecule has 0 aliphatic heterocycles. The van der Waals surface area contributed by atoms with E-state index in [9.17, 15) is 0 Å². The molecule has 0 radical (unpaired) electrons. The van der Waals surface area contributed by atoms with Gasteiger partial charge < -0.3 is 14.2 Å². The maximum Gasteiger partial charge on any atom is 0.174 e. The summed E-state index contributed by atoms with van der Waals surface area (Å²) in [7, 11) is 1.91. The average molecular weight is 320 g/mol. The van der Waals surface area contributed by atoms with Crippen LogP contribution in [0.3, 0.4) is 0 Å². The first-order chi connectivity index (χ1) is 9.20. The minimum Gasteiger partial charge on any atom is -0.459 e. The molecule has 1 unspecified atom stereocenters. The van der Waals surface area contributed by atoms with Crippen molar-refractivity contribution in [3.63, 3.8) is 0 Å². The number of rotatable bonds is 3. The van der Waals surface area contributed by atoms with Gasteiger partial charge in [-0.1, -0.05) is 18.2 Å². The second kappa shape index (κ2) is 4.87. The predicted molar refractivity (Wildman–Crippen MR) is 78.3 cm³/mol. The Labute approximate surface area is 119 Å². The number of benzene rings is 1. The topological polar surface area (TPSA) is 38.3 Å². The number of furan rings is 2. The lowest BCUT2D eigenvalue weighted by Crippen LogP contribution is -2.16. The zero-order valence-electron chi connectivity index (χ0n) is 10.7. The molecule has 0 saturated carbocycles. The summed E-state index contributed by atoms with van der Waals surface area (Å²) in [5.74, 6) is 0.883. The first-order valence-corrected chi connectivity index (χ1v) is 6.89. The minimum atomic E-state index is -0.0278. The highest BCUT2D eigenvalue weighted by Crippen LogP contribution is 2.33. The number of aryl methyl sites for hydroxylation is 1. The molecule has 0 aliphatic rings. The highest BCUT2D eigenvalue weighted by Gasteiger charge is 2.21. The van der Waals surface area contributed by atoms with E-state index in [2.05, 4.69) is 46.4 Å². The first kappa shape index (κ1) is 12.5. The smallest absolute Gasteiger partial charge is 0.174 e. The number of hydrogen-bond acceptors (Lipinski definition) is 3. The zero-order chi connectivity index (χ0) is 13.4. The van der Waals surface area contributed by atoms with E-state index >= 15 is 0 Å². The summed E-state index contributed by atoms with van der Waals surface area (Å²) in [6.07, 6.45) is 1.66. The van der Waals surface area contributed by atoms with Crippen LogP contribution in [-0.4, -0.2) is 7.05 Å². The third-order valence-corrected chi connectivity index (χ3v) is 3.94. The Morgan fingerprint density at radius 3 is 2.74 bits per heavy atom. The molecule has 3 nitrogen and oxygen atoms in total. The highest BCUT2D eigenvalue weighted by molar-refractivity contribution is 9.10. The fraction of sp³-hybridized carbons (Fsp3) is 0.200. The van der Waals surface area contributed by atoms with E-state index in [1.54, 1.807) is 6.26 Å². The van der Waals surface area contributed by atoms with Crippen LogP contribution in [0.1, 0.15) is 22.9 Å². The summed E-state index contributed by atoms with van der Waals surface area (Å²) < 4.78 is 12.0. The van der Waals surface area contributed by atoms with Crippen molar-refractivity contribution in [2.24, 2.45) is 0 Å². The van der Waals surface area contributed by atoms with Crippen molar-refractivity contribution in [1.82, 2.24) is 5.32 Å². The van der Waals surface area contributed by atoms with Gasteiger partial charge in [-0.2, -0.15) is 0 Å². The Morgan fingerprint density at radius 2 is 2.11 bits per heavy atom. The van der Waals surface area contributed by atoms with Crippen LogP contribution in [0.25, 0.3) is 11.0 Å². The third-order valence-electron chi connectivity index (χ3n) is 3.29. The number of hydrogen-bond donors (Lipinski definition) is 1. The second-order valence-corrected chi connectivity index (χ2v) is 5.23. The fourth-order valence-electron chi connectivity index (χ4n) is 2.33. The fourth-order valence-corrected chi connectivity index (χ4v) is 2.80. The van der Waals surface area contributed by atoms with Gasteiger partial charge in [-0.3, -0.25) is 0 Å². The molecule has 19 heavy (non-hydrogen) atoms. The molecule has 0 aliphatic carbocycles. The Hall–Kier alpha value is -1.52. The minimum absolute atomic E-state index is 0.0278. The second-order valence-electron chi connectivity index (χ2n) is 4.51. The predicted octanol–water partition coefficient (Wildman–Crippen LogP) is 4.41. The molecule has 0 bridgehead atoms. The van der Waals surface area contributed by atoms with Crippen LogP contribution in [0.5, 0.6) is 0 Å². The lowest BCUT2D eigenvalue weighted by atomic mass is 10.1. The van der Waals surface area contributed by atoms with Crippen LogP contribution >= 0.6 is 15.9 Å². The normalized spacial score (nSPS) is 13.0. The van der Waals surface area contributed by atoms with Gasteiger partial charge in [-0.15, -0.1) is 0 Å². The van der Waals surface area contributed by atoms with Crippen LogP contribution in [-0.2, 0) is 0 Å². The summed E-state index contributed by atoms with van der Waals surface area (Å²) in [6.45, 7) is 2.05. The van der Waals surface area contributed by atoms with Crippen molar-refractivity contribution in [1.29, 1.82) is 0 Å². The van der Waals surface area contributed by atoms with Gasteiger partial charge in [-0.25, -0.2) is 0 Å². The summed E-state index contributed by atoms with van der Waals surface area (Å²) in [6, 6.07) is 10.1. The van der Waals surface area contributed by atoms with Gasteiger partial charge in [0, 0.05) is 10.9 Å². The Kier molecular flexibility index (Phi) is 3.21. The molecular weight excluding hydrogens is 306 g/mol. The van der Waals surface area contributed by atoms with Crippen LogP contribution in [0, 0.1) is 6.92 Å². The molecule has 3 aromatic rings. The van der Waals surface area contributed by atoms with E-state index in [-0.39, 0.29) is 6.04 Å². The average Bonchev–Trinajstić information content (AvgIpc) is 2.99. The van der Waals surface area contributed by atoms with Crippen LogP contribution in [0.2, 0.25) is 0 Å².